The molecule has 0 fully saturated rings. The van der Waals surface area contributed by atoms with Gasteiger partial charge in [-0.1, -0.05) is 28.1 Å². The Labute approximate surface area is 186 Å². The molecule has 0 unspecified atom stereocenters. The van der Waals surface area contributed by atoms with Crippen LogP contribution in [0.2, 0.25) is 0 Å². The van der Waals surface area contributed by atoms with E-state index in [1.807, 2.05) is 0 Å². The van der Waals surface area contributed by atoms with Crippen molar-refractivity contribution in [3.8, 4) is 0 Å². The molecular weight excluding hydrogens is 595 g/mol. The van der Waals surface area contributed by atoms with Gasteiger partial charge < -0.3 is 0 Å². The average Bonchev–Trinajstić information content (AvgIpc) is 2.64. The maximum Gasteiger partial charge on any atom is 0.460 e. The van der Waals surface area contributed by atoms with E-state index in [9.17, 15) is 74.6 Å². The third kappa shape index (κ3) is 4.42. The maximum absolute atomic E-state index is 13.8. The highest BCUT2D eigenvalue weighted by Gasteiger charge is 2.95. The van der Waals surface area contributed by atoms with Gasteiger partial charge in [0.15, 0.2) is 0 Å². The van der Waals surface area contributed by atoms with Crippen LogP contribution in [0.25, 0.3) is 0 Å². The van der Waals surface area contributed by atoms with Crippen LogP contribution in [0, 0.1) is 0 Å². The molecule has 0 aromatic heterocycles. The predicted octanol–water partition coefficient (Wildman–Crippen LogP) is 8.39. The third-order valence-electron chi connectivity index (χ3n) is 4.40. The van der Waals surface area contributed by atoms with Gasteiger partial charge in [-0.2, -0.15) is 74.6 Å². The second-order valence-electron chi connectivity index (χ2n) is 6.78. The number of hydrogen-bond acceptors (Lipinski definition) is 0. The lowest BCUT2D eigenvalue weighted by Gasteiger charge is -2.42. The summed E-state index contributed by atoms with van der Waals surface area (Å²) in [5.74, 6) is -56.1. The van der Waals surface area contributed by atoms with Gasteiger partial charge in [-0.3, -0.25) is 0 Å². The minimum atomic E-state index is -8.60. The monoisotopic (exact) mass is 602 g/mol. The Bertz CT molecular complexity index is 871. The molecular formula is C16H8BrF17. The highest BCUT2D eigenvalue weighted by Crippen LogP contribution is 2.64. The van der Waals surface area contributed by atoms with Crippen molar-refractivity contribution in [2.45, 2.75) is 60.5 Å². The molecule has 1 aromatic carbocycles. The SMILES string of the molecule is FC(F)(F)C(F)(F)C(F)(F)C(F)(F)C(F)(F)C(F)(F)C(F)(F)C(F)(F)CCc1cccc(Br)c1. The Balaban J connectivity index is 3.47. The first-order valence-corrected chi connectivity index (χ1v) is 8.97. The highest BCUT2D eigenvalue weighted by molar-refractivity contribution is 9.10. The van der Waals surface area contributed by atoms with E-state index in [4.69, 9.17) is 0 Å². The molecule has 0 radical (unpaired) electrons. The smallest absolute Gasteiger partial charge is 0.200 e. The summed E-state index contributed by atoms with van der Waals surface area (Å²) in [7, 11) is 0. The van der Waals surface area contributed by atoms with Gasteiger partial charge in [-0.25, -0.2) is 0 Å². The number of aryl methyl sites for hydroxylation is 1. The average molecular weight is 603 g/mol. The molecule has 34 heavy (non-hydrogen) atoms. The quantitative estimate of drug-likeness (QED) is 0.249. The van der Waals surface area contributed by atoms with Gasteiger partial charge >= 0.3 is 47.6 Å². The summed E-state index contributed by atoms with van der Waals surface area (Å²) in [6.07, 6.45) is -11.5. The predicted molar refractivity (Wildman–Crippen MR) is 83.1 cm³/mol. The fraction of sp³-hybridized carbons (Fsp3) is 0.625. The third-order valence-corrected chi connectivity index (χ3v) is 4.90. The molecule has 0 saturated heterocycles. The number of alkyl halides is 17. The minimum absolute atomic E-state index is 0.129. The van der Waals surface area contributed by atoms with E-state index >= 15 is 0 Å². The molecule has 0 aliphatic heterocycles. The second kappa shape index (κ2) is 8.57. The van der Waals surface area contributed by atoms with Crippen LogP contribution in [0.1, 0.15) is 12.0 Å². The van der Waals surface area contributed by atoms with Gasteiger partial charge in [0.25, 0.3) is 0 Å². The molecule has 0 nitrogen and oxygen atoms in total. The van der Waals surface area contributed by atoms with Crippen molar-refractivity contribution in [1.82, 2.24) is 0 Å². The molecule has 0 saturated carbocycles. The van der Waals surface area contributed by atoms with Gasteiger partial charge in [0, 0.05) is 10.9 Å². The molecule has 0 atom stereocenters. The largest absolute Gasteiger partial charge is 0.460 e. The zero-order valence-corrected chi connectivity index (χ0v) is 17.1. The highest BCUT2D eigenvalue weighted by atomic mass is 79.9. The van der Waals surface area contributed by atoms with Crippen molar-refractivity contribution in [2.24, 2.45) is 0 Å². The lowest BCUT2D eigenvalue weighted by Crippen LogP contribution is -2.74. The molecule has 0 N–H and O–H groups in total. The summed E-state index contributed by atoms with van der Waals surface area (Å²) < 4.78 is 224. The van der Waals surface area contributed by atoms with Crippen LogP contribution < -0.4 is 0 Å². The standard InChI is InChI=1S/C16H8BrF17/c17-8-3-1-2-7(6-8)4-5-9(18,19)10(20,21)11(22,23)12(24,25)13(26,27)14(28,29)15(30,31)16(32,33)34/h1-3,6H,4-5H2. The van der Waals surface area contributed by atoms with Crippen LogP contribution in [0.3, 0.4) is 0 Å². The summed E-state index contributed by atoms with van der Waals surface area (Å²) in [4.78, 5) is 0. The molecule has 198 valence electrons. The lowest BCUT2D eigenvalue weighted by molar-refractivity contribution is -0.461. The van der Waals surface area contributed by atoms with Gasteiger partial charge in [0.2, 0.25) is 0 Å². The van der Waals surface area contributed by atoms with Crippen LogP contribution in [0.15, 0.2) is 28.7 Å². The van der Waals surface area contributed by atoms with E-state index in [1.54, 1.807) is 0 Å². The summed E-state index contributed by atoms with van der Waals surface area (Å²) in [5.41, 5.74) is -0.318. The molecule has 0 heterocycles. The van der Waals surface area contributed by atoms with E-state index in [0.29, 0.717) is 0 Å². The maximum atomic E-state index is 13.8. The normalized spacial score (nSPS) is 15.6. The van der Waals surface area contributed by atoms with Crippen molar-refractivity contribution in [1.29, 1.82) is 0 Å². The first-order valence-electron chi connectivity index (χ1n) is 8.18. The van der Waals surface area contributed by atoms with Gasteiger partial charge in [0.1, 0.15) is 0 Å². The molecule has 1 rings (SSSR count). The minimum Gasteiger partial charge on any atom is -0.200 e. The molecule has 0 amide bonds. The van der Waals surface area contributed by atoms with Crippen LogP contribution >= 0.6 is 15.9 Å². The van der Waals surface area contributed by atoms with Crippen molar-refractivity contribution in [3.63, 3.8) is 0 Å². The number of benzene rings is 1. The Morgan fingerprint density at radius 3 is 1.29 bits per heavy atom. The zero-order valence-electron chi connectivity index (χ0n) is 15.5. The van der Waals surface area contributed by atoms with Crippen molar-refractivity contribution < 1.29 is 74.6 Å². The Hall–Kier alpha value is -1.49. The first-order chi connectivity index (χ1) is 14.7. The van der Waals surface area contributed by atoms with Gasteiger partial charge in [-0.05, 0) is 24.1 Å². The summed E-state index contributed by atoms with van der Waals surface area (Å²) in [5, 5.41) is 0. The van der Waals surface area contributed by atoms with Gasteiger partial charge in [0.05, 0.1) is 0 Å². The zero-order chi connectivity index (χ0) is 27.4. The molecule has 18 heteroatoms. The van der Waals surface area contributed by atoms with E-state index < -0.39 is 60.5 Å². The van der Waals surface area contributed by atoms with Crippen LogP contribution in [0.5, 0.6) is 0 Å². The molecule has 0 aliphatic carbocycles. The number of rotatable bonds is 9. The van der Waals surface area contributed by atoms with Crippen molar-refractivity contribution >= 4 is 15.9 Å². The molecule has 0 aliphatic rings. The summed E-state index contributed by atoms with van der Waals surface area (Å²) >= 11 is 2.80. The summed E-state index contributed by atoms with van der Waals surface area (Å²) in [6, 6.07) is 4.28. The van der Waals surface area contributed by atoms with E-state index in [2.05, 4.69) is 15.9 Å². The van der Waals surface area contributed by atoms with Crippen LogP contribution in [-0.2, 0) is 6.42 Å². The van der Waals surface area contributed by atoms with Gasteiger partial charge in [-0.15, -0.1) is 0 Å². The van der Waals surface area contributed by atoms with Crippen LogP contribution in [-0.4, -0.2) is 47.6 Å². The topological polar surface area (TPSA) is 0 Å². The van der Waals surface area contributed by atoms with E-state index in [1.165, 1.54) is 6.07 Å². The second-order valence-corrected chi connectivity index (χ2v) is 7.69. The molecule has 0 spiro atoms. The Morgan fingerprint density at radius 2 is 0.912 bits per heavy atom. The van der Waals surface area contributed by atoms with Crippen molar-refractivity contribution in [3.05, 3.63) is 34.3 Å². The summed E-state index contributed by atoms with van der Waals surface area (Å²) in [6.45, 7) is 0. The van der Waals surface area contributed by atoms with E-state index in [-0.39, 0.29) is 10.0 Å². The lowest BCUT2D eigenvalue weighted by atomic mass is 9.87. The Kier molecular flexibility index (Phi) is 7.70. The number of halogens is 18. The Morgan fingerprint density at radius 1 is 0.529 bits per heavy atom. The fourth-order valence-corrected chi connectivity index (χ4v) is 2.79. The molecule has 1 aromatic rings. The first kappa shape index (κ1) is 30.5. The fourth-order valence-electron chi connectivity index (χ4n) is 2.35. The molecule has 0 bridgehead atoms. The van der Waals surface area contributed by atoms with E-state index in [0.717, 1.165) is 18.2 Å². The van der Waals surface area contributed by atoms with Crippen molar-refractivity contribution in [2.75, 3.05) is 0 Å². The van der Waals surface area contributed by atoms with Crippen LogP contribution in [0.4, 0.5) is 74.6 Å². The number of hydrogen-bond donors (Lipinski definition) is 0.